The number of aryl methyl sites for hydroxylation is 2. The van der Waals surface area contributed by atoms with Gasteiger partial charge in [0.25, 0.3) is 0 Å². The maximum Gasteiger partial charge on any atom is 0.220 e. The molecule has 0 aromatic heterocycles. The molecule has 0 heterocycles. The van der Waals surface area contributed by atoms with Crippen LogP contribution in [0.5, 0.6) is 0 Å². The Morgan fingerprint density at radius 3 is 2.76 bits per heavy atom. The Morgan fingerprint density at radius 2 is 2.12 bits per heavy atom. The zero-order chi connectivity index (χ0) is 12.7. The monoisotopic (exact) mass is 297 g/mol. The van der Waals surface area contributed by atoms with Crippen molar-refractivity contribution in [2.75, 3.05) is 6.54 Å². The number of alkyl halides is 1. The van der Waals surface area contributed by atoms with E-state index in [1.54, 1.807) is 0 Å². The third kappa shape index (κ3) is 5.87. The lowest BCUT2D eigenvalue weighted by molar-refractivity contribution is -0.121. The molecular weight excluding hydrogens is 278 g/mol. The van der Waals surface area contributed by atoms with Crippen molar-refractivity contribution < 1.29 is 4.79 Å². The third-order valence-corrected chi connectivity index (χ3v) is 3.20. The highest BCUT2D eigenvalue weighted by atomic mass is 79.9. The Kier molecular flexibility index (Phi) is 6.27. The van der Waals surface area contributed by atoms with Crippen LogP contribution in [-0.4, -0.2) is 17.3 Å². The van der Waals surface area contributed by atoms with Crippen molar-refractivity contribution in [2.24, 2.45) is 0 Å². The number of halogens is 1. The van der Waals surface area contributed by atoms with Crippen LogP contribution in [0, 0.1) is 6.92 Å². The molecule has 0 bridgehead atoms. The normalized spacial score (nSPS) is 12.2. The smallest absolute Gasteiger partial charge is 0.220 e. The molecule has 3 heteroatoms. The summed E-state index contributed by atoms with van der Waals surface area (Å²) in [6.07, 6.45) is 2.36. The quantitative estimate of drug-likeness (QED) is 0.803. The Hall–Kier alpha value is -0.830. The molecule has 1 amide bonds. The molecule has 0 aliphatic carbocycles. The Labute approximate surface area is 112 Å². The number of nitrogens with one attached hydrogen (secondary N) is 1. The summed E-state index contributed by atoms with van der Waals surface area (Å²) in [5.74, 6) is 0.140. The number of amides is 1. The van der Waals surface area contributed by atoms with Crippen LogP contribution in [0.15, 0.2) is 24.3 Å². The van der Waals surface area contributed by atoms with E-state index in [1.165, 1.54) is 11.1 Å². The van der Waals surface area contributed by atoms with Gasteiger partial charge in [-0.15, -0.1) is 0 Å². The molecule has 0 saturated carbocycles. The number of carbonyl (C=O) groups is 1. The molecule has 1 atom stereocenters. The van der Waals surface area contributed by atoms with Gasteiger partial charge in [0, 0.05) is 17.8 Å². The van der Waals surface area contributed by atoms with Crippen molar-refractivity contribution in [3.63, 3.8) is 0 Å². The van der Waals surface area contributed by atoms with Gasteiger partial charge >= 0.3 is 0 Å². The maximum absolute atomic E-state index is 11.6. The van der Waals surface area contributed by atoms with Gasteiger partial charge in [0.1, 0.15) is 0 Å². The van der Waals surface area contributed by atoms with Crippen LogP contribution in [0.3, 0.4) is 0 Å². The molecule has 0 aliphatic rings. The lowest BCUT2D eigenvalue weighted by Crippen LogP contribution is -2.25. The van der Waals surface area contributed by atoms with E-state index in [1.807, 2.05) is 12.1 Å². The first-order valence-electron chi connectivity index (χ1n) is 6.05. The van der Waals surface area contributed by atoms with Crippen molar-refractivity contribution in [1.82, 2.24) is 5.32 Å². The highest BCUT2D eigenvalue weighted by molar-refractivity contribution is 9.09. The van der Waals surface area contributed by atoms with Crippen LogP contribution in [-0.2, 0) is 11.2 Å². The average Bonchev–Trinajstić information content (AvgIpc) is 2.27. The minimum absolute atomic E-state index is 0.140. The Balaban J connectivity index is 2.26. The second-order valence-corrected chi connectivity index (χ2v) is 5.91. The highest BCUT2D eigenvalue weighted by Gasteiger charge is 2.04. The molecule has 1 N–H and O–H groups in total. The van der Waals surface area contributed by atoms with Crippen LogP contribution in [0.25, 0.3) is 0 Å². The number of rotatable bonds is 6. The minimum Gasteiger partial charge on any atom is -0.356 e. The minimum atomic E-state index is 0.140. The van der Waals surface area contributed by atoms with E-state index in [0.29, 0.717) is 11.2 Å². The molecule has 0 spiro atoms. The van der Waals surface area contributed by atoms with Gasteiger partial charge in [0.05, 0.1) is 0 Å². The summed E-state index contributed by atoms with van der Waals surface area (Å²) in [6, 6.07) is 8.21. The van der Waals surface area contributed by atoms with Crippen molar-refractivity contribution in [1.29, 1.82) is 0 Å². The van der Waals surface area contributed by atoms with Crippen molar-refractivity contribution >= 4 is 21.8 Å². The fraction of sp³-hybridized carbons (Fsp3) is 0.500. The van der Waals surface area contributed by atoms with E-state index >= 15 is 0 Å². The predicted octanol–water partition coefficient (Wildman–Crippen LogP) is 3.22. The molecule has 1 rings (SSSR count). The second kappa shape index (κ2) is 7.49. The molecule has 94 valence electrons. The molecule has 1 aromatic carbocycles. The van der Waals surface area contributed by atoms with Gasteiger partial charge in [-0.1, -0.05) is 47.1 Å². The molecule has 0 radical (unpaired) electrons. The summed E-state index contributed by atoms with van der Waals surface area (Å²) >= 11 is 3.46. The van der Waals surface area contributed by atoms with E-state index in [4.69, 9.17) is 0 Å². The maximum atomic E-state index is 11.6. The zero-order valence-corrected chi connectivity index (χ0v) is 12.1. The van der Waals surface area contributed by atoms with Crippen molar-refractivity contribution in [2.45, 2.75) is 37.9 Å². The predicted molar refractivity (Wildman–Crippen MR) is 75.5 cm³/mol. The third-order valence-electron chi connectivity index (χ3n) is 2.75. The first-order chi connectivity index (χ1) is 8.09. The van der Waals surface area contributed by atoms with Gasteiger partial charge in [-0.05, 0) is 30.9 Å². The molecule has 1 aromatic rings. The van der Waals surface area contributed by atoms with Gasteiger partial charge < -0.3 is 5.32 Å². The molecule has 17 heavy (non-hydrogen) atoms. The van der Waals surface area contributed by atoms with E-state index in [2.05, 4.69) is 47.2 Å². The number of hydrogen-bond donors (Lipinski definition) is 1. The van der Waals surface area contributed by atoms with E-state index in [0.717, 1.165) is 19.4 Å². The lowest BCUT2D eigenvalue weighted by atomic mass is 10.0. The first-order valence-corrected chi connectivity index (χ1v) is 6.96. The average molecular weight is 298 g/mol. The highest BCUT2D eigenvalue weighted by Crippen LogP contribution is 2.09. The molecular formula is C14H20BrNO. The van der Waals surface area contributed by atoms with Gasteiger partial charge in [0.2, 0.25) is 5.91 Å². The summed E-state index contributed by atoms with van der Waals surface area (Å²) in [5, 5.41) is 2.93. The molecule has 1 unspecified atom stereocenters. The van der Waals surface area contributed by atoms with E-state index < -0.39 is 0 Å². The topological polar surface area (TPSA) is 29.1 Å². The van der Waals surface area contributed by atoms with Crippen LogP contribution >= 0.6 is 15.9 Å². The zero-order valence-electron chi connectivity index (χ0n) is 10.5. The van der Waals surface area contributed by atoms with Crippen molar-refractivity contribution in [3.8, 4) is 0 Å². The number of hydrogen-bond acceptors (Lipinski definition) is 1. The Morgan fingerprint density at radius 1 is 1.41 bits per heavy atom. The molecule has 0 saturated heterocycles. The summed E-state index contributed by atoms with van der Waals surface area (Å²) in [6.45, 7) is 4.91. The fourth-order valence-corrected chi connectivity index (χ4v) is 1.87. The first kappa shape index (κ1) is 14.2. The SMILES string of the molecule is Cc1ccccc1CCC(=O)NCCC(C)Br. The van der Waals surface area contributed by atoms with E-state index in [-0.39, 0.29) is 5.91 Å². The Bertz CT molecular complexity index is 363. The lowest BCUT2D eigenvalue weighted by Gasteiger charge is -2.07. The summed E-state index contributed by atoms with van der Waals surface area (Å²) < 4.78 is 0. The standard InChI is InChI=1S/C14H20BrNO/c1-11-5-3-4-6-13(11)7-8-14(17)16-10-9-12(2)15/h3-6,12H,7-10H2,1-2H3,(H,16,17). The van der Waals surface area contributed by atoms with Gasteiger partial charge in [-0.2, -0.15) is 0 Å². The number of carbonyl (C=O) groups excluding carboxylic acids is 1. The van der Waals surface area contributed by atoms with Crippen LogP contribution in [0.2, 0.25) is 0 Å². The molecule has 0 fully saturated rings. The van der Waals surface area contributed by atoms with Crippen molar-refractivity contribution in [3.05, 3.63) is 35.4 Å². The molecule has 2 nitrogen and oxygen atoms in total. The van der Waals surface area contributed by atoms with Gasteiger partial charge in [-0.25, -0.2) is 0 Å². The van der Waals surface area contributed by atoms with Crippen LogP contribution < -0.4 is 5.32 Å². The van der Waals surface area contributed by atoms with Gasteiger partial charge in [-0.3, -0.25) is 4.79 Å². The summed E-state index contributed by atoms with van der Waals surface area (Å²) in [5.41, 5.74) is 2.52. The number of benzene rings is 1. The second-order valence-electron chi connectivity index (χ2n) is 4.35. The van der Waals surface area contributed by atoms with E-state index in [9.17, 15) is 4.79 Å². The molecule has 0 aliphatic heterocycles. The van der Waals surface area contributed by atoms with Crippen LogP contribution in [0.1, 0.15) is 30.9 Å². The summed E-state index contributed by atoms with van der Waals surface area (Å²) in [7, 11) is 0. The summed E-state index contributed by atoms with van der Waals surface area (Å²) in [4.78, 5) is 12.0. The van der Waals surface area contributed by atoms with Gasteiger partial charge in [0.15, 0.2) is 0 Å². The fourth-order valence-electron chi connectivity index (χ4n) is 1.64. The largest absolute Gasteiger partial charge is 0.356 e. The van der Waals surface area contributed by atoms with Crippen LogP contribution in [0.4, 0.5) is 0 Å².